The molecule has 0 nitrogen and oxygen atoms in total. The number of hydrogen-bond acceptors (Lipinski definition) is 0. The molecule has 0 unspecified atom stereocenters. The van der Waals surface area contributed by atoms with Gasteiger partial charge in [-0.15, -0.1) is 0 Å². The number of hydrogen-bond donors (Lipinski definition) is 0. The number of alkyl halides is 1. The van der Waals surface area contributed by atoms with Crippen molar-refractivity contribution in [2.75, 3.05) is 0 Å². The van der Waals surface area contributed by atoms with Crippen LogP contribution in [0.15, 0.2) is 30.3 Å². The molecule has 0 bridgehead atoms. The smallest absolute Gasteiger partial charge is 0.0395 e. The van der Waals surface area contributed by atoms with E-state index in [0.717, 1.165) is 0 Å². The molecule has 0 aliphatic carbocycles. The average Bonchev–Trinajstić information content (AvgIpc) is 2.25. The van der Waals surface area contributed by atoms with Crippen LogP contribution in [0.25, 0.3) is 0 Å². The second-order valence-electron chi connectivity index (χ2n) is 3.73. The van der Waals surface area contributed by atoms with Crippen molar-refractivity contribution >= 4 is 15.9 Å². The van der Waals surface area contributed by atoms with Crippen LogP contribution in [0.3, 0.4) is 0 Å². The molecular formula is C13H19Br. The molecule has 1 rings (SSSR count). The van der Waals surface area contributed by atoms with Gasteiger partial charge in [-0.25, -0.2) is 0 Å². The third-order valence-corrected chi connectivity index (χ3v) is 3.46. The van der Waals surface area contributed by atoms with Crippen LogP contribution >= 0.6 is 15.9 Å². The molecule has 0 amide bonds. The lowest BCUT2D eigenvalue weighted by molar-refractivity contribution is 0.630. The fraction of sp³-hybridized carbons (Fsp3) is 0.538. The van der Waals surface area contributed by atoms with Crippen LogP contribution in [0.2, 0.25) is 0 Å². The van der Waals surface area contributed by atoms with Crippen molar-refractivity contribution < 1.29 is 0 Å². The molecule has 1 heteroatoms. The lowest BCUT2D eigenvalue weighted by atomic mass is 10.1. The van der Waals surface area contributed by atoms with Gasteiger partial charge in [0.25, 0.3) is 0 Å². The summed E-state index contributed by atoms with van der Waals surface area (Å²) in [6.45, 7) is 2.25. The highest BCUT2D eigenvalue weighted by atomic mass is 79.9. The van der Waals surface area contributed by atoms with Gasteiger partial charge in [0.2, 0.25) is 0 Å². The number of unbranched alkanes of at least 4 members (excludes halogenated alkanes) is 3. The first-order valence-electron chi connectivity index (χ1n) is 5.53. The van der Waals surface area contributed by atoms with E-state index in [2.05, 4.69) is 53.2 Å². The minimum atomic E-state index is 0.542. The Morgan fingerprint density at radius 1 is 1.07 bits per heavy atom. The van der Waals surface area contributed by atoms with Crippen LogP contribution in [-0.4, -0.2) is 0 Å². The zero-order chi connectivity index (χ0) is 10.2. The Balaban J connectivity index is 2.25. The lowest BCUT2D eigenvalue weighted by Crippen LogP contribution is -1.89. The maximum Gasteiger partial charge on any atom is 0.0395 e. The van der Waals surface area contributed by atoms with Crippen molar-refractivity contribution in [1.29, 1.82) is 0 Å². The van der Waals surface area contributed by atoms with E-state index in [-0.39, 0.29) is 0 Å². The third-order valence-electron chi connectivity index (χ3n) is 2.47. The molecule has 0 radical (unpaired) electrons. The van der Waals surface area contributed by atoms with Crippen molar-refractivity contribution in [1.82, 2.24) is 0 Å². The quantitative estimate of drug-likeness (QED) is 0.490. The van der Waals surface area contributed by atoms with Gasteiger partial charge < -0.3 is 0 Å². The summed E-state index contributed by atoms with van der Waals surface area (Å²) in [7, 11) is 0. The molecule has 1 aromatic carbocycles. The Bertz CT molecular complexity index is 230. The summed E-state index contributed by atoms with van der Waals surface area (Å²) in [5, 5.41) is 0. The van der Waals surface area contributed by atoms with Gasteiger partial charge in [-0.3, -0.25) is 0 Å². The van der Waals surface area contributed by atoms with E-state index in [1.807, 2.05) is 0 Å². The Labute approximate surface area is 95.9 Å². The second kappa shape index (κ2) is 7.05. The van der Waals surface area contributed by atoms with E-state index in [1.165, 1.54) is 37.7 Å². The molecule has 0 heterocycles. The summed E-state index contributed by atoms with van der Waals surface area (Å²) in [6.07, 6.45) is 6.64. The first-order valence-corrected chi connectivity index (χ1v) is 6.45. The predicted octanol–water partition coefficient (Wildman–Crippen LogP) is 5.09. The highest BCUT2D eigenvalue weighted by molar-refractivity contribution is 9.09. The highest BCUT2D eigenvalue weighted by Gasteiger charge is 2.05. The van der Waals surface area contributed by atoms with Crippen LogP contribution in [0, 0.1) is 0 Å². The topological polar surface area (TPSA) is 0 Å². The van der Waals surface area contributed by atoms with Crippen molar-refractivity contribution in [3.8, 4) is 0 Å². The van der Waals surface area contributed by atoms with E-state index in [1.54, 1.807) is 0 Å². The fourth-order valence-electron chi connectivity index (χ4n) is 1.58. The van der Waals surface area contributed by atoms with Gasteiger partial charge in [-0.05, 0) is 12.0 Å². The van der Waals surface area contributed by atoms with Gasteiger partial charge in [0.1, 0.15) is 0 Å². The summed E-state index contributed by atoms with van der Waals surface area (Å²) in [6, 6.07) is 10.7. The van der Waals surface area contributed by atoms with Gasteiger partial charge in [0.15, 0.2) is 0 Å². The molecule has 0 saturated heterocycles. The summed E-state index contributed by atoms with van der Waals surface area (Å²) < 4.78 is 0. The van der Waals surface area contributed by atoms with Gasteiger partial charge >= 0.3 is 0 Å². The average molecular weight is 255 g/mol. The van der Waals surface area contributed by atoms with Crippen LogP contribution in [-0.2, 0) is 0 Å². The van der Waals surface area contributed by atoms with E-state index in [9.17, 15) is 0 Å². The number of halogens is 1. The largest absolute Gasteiger partial charge is 0.0839 e. The van der Waals surface area contributed by atoms with Crippen LogP contribution < -0.4 is 0 Å². The normalized spacial score (nSPS) is 12.7. The van der Waals surface area contributed by atoms with Gasteiger partial charge in [0.05, 0.1) is 0 Å². The molecule has 0 fully saturated rings. The van der Waals surface area contributed by atoms with E-state index in [0.29, 0.717) is 4.83 Å². The van der Waals surface area contributed by atoms with Gasteiger partial charge in [-0.2, -0.15) is 0 Å². The molecule has 78 valence electrons. The third kappa shape index (κ3) is 4.28. The Kier molecular flexibility index (Phi) is 5.93. The van der Waals surface area contributed by atoms with Crippen molar-refractivity contribution in [2.45, 2.75) is 43.9 Å². The zero-order valence-electron chi connectivity index (χ0n) is 8.88. The molecule has 0 N–H and O–H groups in total. The zero-order valence-corrected chi connectivity index (χ0v) is 10.5. The summed E-state index contributed by atoms with van der Waals surface area (Å²) in [5.41, 5.74) is 1.41. The van der Waals surface area contributed by atoms with Crippen LogP contribution in [0.1, 0.15) is 49.4 Å². The van der Waals surface area contributed by atoms with E-state index in [4.69, 9.17) is 0 Å². The van der Waals surface area contributed by atoms with Crippen molar-refractivity contribution in [2.24, 2.45) is 0 Å². The van der Waals surface area contributed by atoms with Crippen molar-refractivity contribution in [3.63, 3.8) is 0 Å². The van der Waals surface area contributed by atoms with Gasteiger partial charge in [0, 0.05) is 4.83 Å². The minimum absolute atomic E-state index is 0.542. The van der Waals surface area contributed by atoms with Crippen LogP contribution in [0.5, 0.6) is 0 Å². The molecule has 1 atom stereocenters. The second-order valence-corrected chi connectivity index (χ2v) is 4.83. The highest BCUT2D eigenvalue weighted by Crippen LogP contribution is 2.28. The van der Waals surface area contributed by atoms with E-state index < -0.39 is 0 Å². The Morgan fingerprint density at radius 3 is 2.43 bits per heavy atom. The molecule has 0 saturated carbocycles. The maximum atomic E-state index is 3.74. The Morgan fingerprint density at radius 2 is 1.79 bits per heavy atom. The monoisotopic (exact) mass is 254 g/mol. The summed E-state index contributed by atoms with van der Waals surface area (Å²) in [4.78, 5) is 0.542. The first-order chi connectivity index (χ1) is 6.84. The maximum absolute atomic E-state index is 3.74. The Hall–Kier alpha value is -0.300. The number of rotatable bonds is 6. The standard InChI is InChI=1S/C13H19Br/c1-2-3-4-8-11-13(14)12-9-6-5-7-10-12/h5-7,9-10,13H,2-4,8,11H2,1H3/t13-/m1/s1. The molecule has 1 aromatic rings. The van der Waals surface area contributed by atoms with Gasteiger partial charge in [-0.1, -0.05) is 78.9 Å². The van der Waals surface area contributed by atoms with Crippen molar-refractivity contribution in [3.05, 3.63) is 35.9 Å². The first kappa shape index (κ1) is 11.8. The fourth-order valence-corrected chi connectivity index (χ4v) is 2.21. The minimum Gasteiger partial charge on any atom is -0.0839 e. The molecule has 0 aliphatic heterocycles. The van der Waals surface area contributed by atoms with E-state index >= 15 is 0 Å². The number of benzene rings is 1. The van der Waals surface area contributed by atoms with Crippen LogP contribution in [0.4, 0.5) is 0 Å². The predicted molar refractivity (Wildman–Crippen MR) is 66.9 cm³/mol. The molecule has 14 heavy (non-hydrogen) atoms. The molecule has 0 spiro atoms. The summed E-state index contributed by atoms with van der Waals surface area (Å²) in [5.74, 6) is 0. The summed E-state index contributed by atoms with van der Waals surface area (Å²) >= 11 is 3.74. The lowest BCUT2D eigenvalue weighted by Gasteiger charge is -2.09. The SMILES string of the molecule is CCCCCC[C@@H](Br)c1ccccc1. The molecular weight excluding hydrogens is 236 g/mol. The molecule has 0 aromatic heterocycles. The molecule has 0 aliphatic rings.